The summed E-state index contributed by atoms with van der Waals surface area (Å²) in [5.41, 5.74) is 3.85. The second-order valence-corrected chi connectivity index (χ2v) is 9.38. The summed E-state index contributed by atoms with van der Waals surface area (Å²) >= 11 is 12.3. The second-order valence-electron chi connectivity index (χ2n) is 8.54. The van der Waals surface area contributed by atoms with E-state index >= 15 is 0 Å². The van der Waals surface area contributed by atoms with Gasteiger partial charge in [0.05, 0.1) is 5.02 Å². The van der Waals surface area contributed by atoms with Crippen LogP contribution >= 0.6 is 23.2 Å². The van der Waals surface area contributed by atoms with Gasteiger partial charge in [-0.2, -0.15) is 0 Å². The molecule has 4 aromatic rings. The number of hydrogen-bond acceptors (Lipinski definition) is 4. The van der Waals surface area contributed by atoms with Gasteiger partial charge in [-0.3, -0.25) is 9.69 Å². The minimum atomic E-state index is -0.323. The molecule has 0 saturated carbocycles. The van der Waals surface area contributed by atoms with E-state index in [4.69, 9.17) is 27.6 Å². The first kappa shape index (κ1) is 23.5. The van der Waals surface area contributed by atoms with Crippen LogP contribution in [0.3, 0.4) is 0 Å². The molecule has 1 N–H and O–H groups in total. The topological polar surface area (TPSA) is 48.7 Å². The molecule has 7 heteroatoms. The van der Waals surface area contributed by atoms with Crippen molar-refractivity contribution in [1.82, 2.24) is 4.90 Å². The molecule has 3 aromatic carbocycles. The zero-order valence-electron chi connectivity index (χ0n) is 19.1. The fraction of sp³-hybridized carbons (Fsp3) is 0.179. The Morgan fingerprint density at radius 2 is 1.60 bits per heavy atom. The number of amides is 1. The molecule has 5 nitrogen and oxygen atoms in total. The van der Waals surface area contributed by atoms with Gasteiger partial charge in [0.15, 0.2) is 5.76 Å². The van der Waals surface area contributed by atoms with Gasteiger partial charge in [0.25, 0.3) is 5.91 Å². The van der Waals surface area contributed by atoms with Gasteiger partial charge in [-0.15, -0.1) is 0 Å². The summed E-state index contributed by atoms with van der Waals surface area (Å²) in [7, 11) is 0. The van der Waals surface area contributed by atoms with Crippen LogP contribution in [0.1, 0.15) is 16.1 Å². The number of rotatable bonds is 6. The lowest BCUT2D eigenvalue weighted by Crippen LogP contribution is -2.45. The van der Waals surface area contributed by atoms with Crippen LogP contribution in [0.15, 0.2) is 89.3 Å². The summed E-state index contributed by atoms with van der Waals surface area (Å²) in [4.78, 5) is 17.6. The van der Waals surface area contributed by atoms with Crippen LogP contribution in [0.25, 0.3) is 11.3 Å². The summed E-state index contributed by atoms with van der Waals surface area (Å²) in [6.45, 7) is 4.97. The summed E-state index contributed by atoms with van der Waals surface area (Å²) in [5.74, 6) is 0.371. The smallest absolute Gasteiger partial charge is 0.291 e. The van der Waals surface area contributed by atoms with Gasteiger partial charge in [-0.1, -0.05) is 53.5 Å². The molecule has 5 rings (SSSR count). The highest BCUT2D eigenvalue weighted by Gasteiger charge is 2.18. The van der Waals surface area contributed by atoms with Crippen molar-refractivity contribution in [2.24, 2.45) is 0 Å². The molecule has 0 atom stereocenters. The maximum Gasteiger partial charge on any atom is 0.291 e. The Morgan fingerprint density at radius 3 is 2.34 bits per heavy atom. The highest BCUT2D eigenvalue weighted by atomic mass is 35.5. The lowest BCUT2D eigenvalue weighted by atomic mass is 10.2. The Hall–Kier alpha value is -3.25. The van der Waals surface area contributed by atoms with Crippen molar-refractivity contribution in [2.75, 3.05) is 36.4 Å². The second kappa shape index (κ2) is 10.6. The predicted octanol–water partition coefficient (Wildman–Crippen LogP) is 6.83. The summed E-state index contributed by atoms with van der Waals surface area (Å²) < 4.78 is 5.74. The van der Waals surface area contributed by atoms with E-state index in [0.717, 1.165) is 38.4 Å². The molecule has 35 heavy (non-hydrogen) atoms. The predicted molar refractivity (Wildman–Crippen MR) is 142 cm³/mol. The van der Waals surface area contributed by atoms with Crippen molar-refractivity contribution < 1.29 is 9.21 Å². The van der Waals surface area contributed by atoms with Crippen molar-refractivity contribution >= 4 is 40.5 Å². The third-order valence-electron chi connectivity index (χ3n) is 6.14. The van der Waals surface area contributed by atoms with E-state index in [1.807, 2.05) is 24.3 Å². The number of carbonyl (C=O) groups excluding carboxylic acids is 1. The number of halogens is 2. The Bertz CT molecular complexity index is 1300. The fourth-order valence-electron chi connectivity index (χ4n) is 4.25. The molecule has 178 valence electrons. The molecule has 0 spiro atoms. The maximum absolute atomic E-state index is 12.7. The Morgan fingerprint density at radius 1 is 0.857 bits per heavy atom. The minimum absolute atomic E-state index is 0.203. The minimum Gasteiger partial charge on any atom is -0.451 e. The van der Waals surface area contributed by atoms with E-state index in [2.05, 4.69) is 45.4 Å². The first-order valence-corrected chi connectivity index (χ1v) is 12.3. The van der Waals surface area contributed by atoms with Crippen molar-refractivity contribution in [1.29, 1.82) is 0 Å². The molecule has 0 radical (unpaired) electrons. The van der Waals surface area contributed by atoms with E-state index in [-0.39, 0.29) is 11.7 Å². The number of benzene rings is 3. The average molecular weight is 506 g/mol. The molecule has 1 fully saturated rings. The molecule has 1 aliphatic rings. The summed E-state index contributed by atoms with van der Waals surface area (Å²) in [6.07, 6.45) is 0. The van der Waals surface area contributed by atoms with E-state index in [9.17, 15) is 4.79 Å². The van der Waals surface area contributed by atoms with E-state index in [0.29, 0.717) is 27.1 Å². The molecular weight excluding hydrogens is 481 g/mol. The van der Waals surface area contributed by atoms with E-state index < -0.39 is 0 Å². The maximum atomic E-state index is 12.7. The summed E-state index contributed by atoms with van der Waals surface area (Å²) in [5, 5.41) is 3.95. The standard InChI is InChI=1S/C28H25Cl2N3O2/c29-21-6-11-25(30)24(18-21)26-12-13-27(35-26)28(34)31-22-7-9-23(10-8-22)33-16-14-32(15-17-33)19-20-4-2-1-3-5-20/h1-13,18H,14-17,19H2,(H,31,34). The van der Waals surface area contributed by atoms with Gasteiger partial charge in [-0.25, -0.2) is 0 Å². The van der Waals surface area contributed by atoms with Crippen LogP contribution in [0, 0.1) is 0 Å². The number of nitrogens with zero attached hydrogens (tertiary/aromatic N) is 2. The third kappa shape index (κ3) is 5.70. The van der Waals surface area contributed by atoms with Gasteiger partial charge in [-0.05, 0) is 60.2 Å². The molecule has 0 unspecified atom stereocenters. The van der Waals surface area contributed by atoms with Gasteiger partial charge < -0.3 is 14.6 Å². The van der Waals surface area contributed by atoms with Crippen LogP contribution in [-0.4, -0.2) is 37.0 Å². The van der Waals surface area contributed by atoms with Crippen molar-refractivity contribution in [3.8, 4) is 11.3 Å². The number of nitrogens with one attached hydrogen (secondary N) is 1. The number of hydrogen-bond donors (Lipinski definition) is 1. The first-order valence-electron chi connectivity index (χ1n) is 11.5. The molecule has 1 amide bonds. The van der Waals surface area contributed by atoms with Crippen LogP contribution in [0.2, 0.25) is 10.0 Å². The van der Waals surface area contributed by atoms with Crippen molar-refractivity contribution in [2.45, 2.75) is 6.54 Å². The molecule has 1 aliphatic heterocycles. The molecule has 1 aromatic heterocycles. The lowest BCUT2D eigenvalue weighted by Gasteiger charge is -2.36. The molecule has 0 aliphatic carbocycles. The number of piperazine rings is 1. The van der Waals surface area contributed by atoms with Crippen LogP contribution in [0.4, 0.5) is 11.4 Å². The van der Waals surface area contributed by atoms with Gasteiger partial charge in [0, 0.05) is 54.7 Å². The zero-order chi connectivity index (χ0) is 24.2. The highest BCUT2D eigenvalue weighted by molar-refractivity contribution is 6.35. The Labute approximate surface area is 214 Å². The Balaban J connectivity index is 1.17. The number of furan rings is 1. The van der Waals surface area contributed by atoms with Crippen LogP contribution in [-0.2, 0) is 6.54 Å². The molecular formula is C28H25Cl2N3O2. The van der Waals surface area contributed by atoms with Gasteiger partial charge in [0.1, 0.15) is 5.76 Å². The zero-order valence-corrected chi connectivity index (χ0v) is 20.6. The number of anilines is 2. The summed E-state index contributed by atoms with van der Waals surface area (Å²) in [6, 6.07) is 27.0. The molecule has 0 bridgehead atoms. The SMILES string of the molecule is O=C(Nc1ccc(N2CCN(Cc3ccccc3)CC2)cc1)c1ccc(-c2cc(Cl)ccc2Cl)o1. The lowest BCUT2D eigenvalue weighted by molar-refractivity contribution is 0.0997. The van der Waals surface area contributed by atoms with Gasteiger partial charge >= 0.3 is 0 Å². The quantitative estimate of drug-likeness (QED) is 0.312. The number of carbonyl (C=O) groups is 1. The van der Waals surface area contributed by atoms with E-state index in [1.54, 1.807) is 30.3 Å². The van der Waals surface area contributed by atoms with Crippen molar-refractivity contribution in [3.05, 3.63) is 106 Å². The molecule has 1 saturated heterocycles. The van der Waals surface area contributed by atoms with Gasteiger partial charge in [0.2, 0.25) is 0 Å². The monoisotopic (exact) mass is 505 g/mol. The fourth-order valence-corrected chi connectivity index (χ4v) is 4.63. The molecule has 2 heterocycles. The van der Waals surface area contributed by atoms with Crippen LogP contribution < -0.4 is 10.2 Å². The Kier molecular flexibility index (Phi) is 7.09. The average Bonchev–Trinajstić information content (AvgIpc) is 3.38. The third-order valence-corrected chi connectivity index (χ3v) is 6.70. The van der Waals surface area contributed by atoms with Crippen LogP contribution in [0.5, 0.6) is 0 Å². The first-order chi connectivity index (χ1) is 17.0. The van der Waals surface area contributed by atoms with Crippen molar-refractivity contribution in [3.63, 3.8) is 0 Å². The largest absolute Gasteiger partial charge is 0.451 e. The normalized spacial score (nSPS) is 14.2. The van der Waals surface area contributed by atoms with E-state index in [1.165, 1.54) is 5.56 Å². The highest BCUT2D eigenvalue weighted by Crippen LogP contribution is 2.32.